The summed E-state index contributed by atoms with van der Waals surface area (Å²) < 4.78 is 0. The number of nitrogens with two attached hydrogens (primary N) is 1. The molecular weight excluding hydrogens is 212 g/mol. The molecule has 2 rings (SSSR count). The molecule has 5 N–H and O–H groups in total. The summed E-state index contributed by atoms with van der Waals surface area (Å²) in [5.74, 6) is -0.986. The summed E-state index contributed by atoms with van der Waals surface area (Å²) in [6.45, 7) is 0. The van der Waals surface area contributed by atoms with Crippen molar-refractivity contribution < 1.29 is 15.0 Å². The van der Waals surface area contributed by atoms with Gasteiger partial charge in [-0.3, -0.25) is 9.89 Å². The Bertz CT molecular complexity index is 524. The maximum absolute atomic E-state index is 10.7. The van der Waals surface area contributed by atoms with Crippen LogP contribution in [-0.4, -0.2) is 37.4 Å². The van der Waals surface area contributed by atoms with E-state index in [1.165, 1.54) is 12.4 Å². The van der Waals surface area contributed by atoms with E-state index in [-0.39, 0.29) is 0 Å². The molecule has 2 aromatic heterocycles. The van der Waals surface area contributed by atoms with Crippen LogP contribution >= 0.6 is 0 Å². The van der Waals surface area contributed by atoms with Crippen LogP contribution in [-0.2, 0) is 4.79 Å². The maximum Gasteiger partial charge on any atom is 0.249 e. The first-order valence-electron chi connectivity index (χ1n) is 4.54. The number of aromatic amines is 1. The minimum absolute atomic E-state index is 0.306. The third-order valence-corrected chi connectivity index (χ3v) is 2.24. The number of nitrogens with one attached hydrogen (secondary N) is 1. The zero-order valence-electron chi connectivity index (χ0n) is 8.16. The number of pyridine rings is 1. The molecule has 2 aromatic rings. The second-order valence-electron chi connectivity index (χ2n) is 3.37. The summed E-state index contributed by atoms with van der Waals surface area (Å²) in [4.78, 5) is 14.7. The van der Waals surface area contributed by atoms with Crippen LogP contribution in [0.2, 0.25) is 0 Å². The Morgan fingerprint density at radius 1 is 1.44 bits per heavy atom. The Balaban J connectivity index is 2.35. The summed E-state index contributed by atoms with van der Waals surface area (Å²) in [6, 6.07) is 1.57. The van der Waals surface area contributed by atoms with Gasteiger partial charge in [-0.1, -0.05) is 0 Å². The molecule has 7 heteroatoms. The first kappa shape index (κ1) is 10.5. The minimum atomic E-state index is -1.65. The van der Waals surface area contributed by atoms with Crippen molar-refractivity contribution in [2.45, 2.75) is 12.2 Å². The molecule has 2 atom stereocenters. The van der Waals surface area contributed by atoms with E-state index >= 15 is 0 Å². The SMILES string of the molecule is NC(=O)C(O)C(O)c1cnc2[nH]ncc2c1. The van der Waals surface area contributed by atoms with E-state index in [1.54, 1.807) is 6.07 Å². The average molecular weight is 222 g/mol. The Labute approximate surface area is 89.9 Å². The number of nitrogens with zero attached hydrogens (tertiary/aromatic N) is 2. The van der Waals surface area contributed by atoms with E-state index < -0.39 is 18.1 Å². The van der Waals surface area contributed by atoms with Gasteiger partial charge in [0.2, 0.25) is 5.91 Å². The summed E-state index contributed by atoms with van der Waals surface area (Å²) in [5, 5.41) is 26.0. The molecule has 0 spiro atoms. The van der Waals surface area contributed by atoms with E-state index in [1.807, 2.05) is 0 Å². The van der Waals surface area contributed by atoms with Crippen LogP contribution in [0.15, 0.2) is 18.5 Å². The average Bonchev–Trinajstić information content (AvgIpc) is 2.73. The fourth-order valence-electron chi connectivity index (χ4n) is 1.35. The summed E-state index contributed by atoms with van der Waals surface area (Å²) in [7, 11) is 0. The number of rotatable bonds is 3. The third kappa shape index (κ3) is 1.73. The number of H-pyrrole nitrogens is 1. The lowest BCUT2D eigenvalue weighted by Gasteiger charge is -2.14. The van der Waals surface area contributed by atoms with Crippen LogP contribution in [0.5, 0.6) is 0 Å². The highest BCUT2D eigenvalue weighted by molar-refractivity contribution is 5.80. The second kappa shape index (κ2) is 3.87. The lowest BCUT2D eigenvalue weighted by Crippen LogP contribution is -2.33. The predicted molar refractivity (Wildman–Crippen MR) is 54.0 cm³/mol. The van der Waals surface area contributed by atoms with Gasteiger partial charge < -0.3 is 15.9 Å². The van der Waals surface area contributed by atoms with Crippen molar-refractivity contribution in [2.75, 3.05) is 0 Å². The van der Waals surface area contributed by atoms with Crippen molar-refractivity contribution in [2.24, 2.45) is 5.73 Å². The number of aliphatic hydroxyl groups is 2. The van der Waals surface area contributed by atoms with Gasteiger partial charge >= 0.3 is 0 Å². The Morgan fingerprint density at radius 3 is 2.88 bits per heavy atom. The topological polar surface area (TPSA) is 125 Å². The normalized spacial score (nSPS) is 14.9. The van der Waals surface area contributed by atoms with Crippen molar-refractivity contribution in [1.82, 2.24) is 15.2 Å². The lowest BCUT2D eigenvalue weighted by molar-refractivity contribution is -0.131. The lowest BCUT2D eigenvalue weighted by atomic mass is 10.1. The zero-order chi connectivity index (χ0) is 11.7. The largest absolute Gasteiger partial charge is 0.385 e. The Kier molecular flexibility index (Phi) is 2.55. The van der Waals surface area contributed by atoms with Gasteiger partial charge in [0, 0.05) is 17.1 Å². The molecule has 0 aliphatic rings. The van der Waals surface area contributed by atoms with Crippen LogP contribution < -0.4 is 5.73 Å². The van der Waals surface area contributed by atoms with Gasteiger partial charge in [0.25, 0.3) is 0 Å². The van der Waals surface area contributed by atoms with Gasteiger partial charge in [0.05, 0.1) is 6.20 Å². The molecule has 0 radical (unpaired) electrons. The molecule has 0 aromatic carbocycles. The van der Waals surface area contributed by atoms with E-state index in [4.69, 9.17) is 5.73 Å². The minimum Gasteiger partial charge on any atom is -0.385 e. The quantitative estimate of drug-likeness (QED) is 0.521. The first-order chi connectivity index (χ1) is 7.59. The van der Waals surface area contributed by atoms with Crippen molar-refractivity contribution in [3.63, 3.8) is 0 Å². The maximum atomic E-state index is 10.7. The summed E-state index contributed by atoms with van der Waals surface area (Å²) in [5.41, 5.74) is 5.74. The fourth-order valence-corrected chi connectivity index (χ4v) is 1.35. The molecule has 0 saturated heterocycles. The second-order valence-corrected chi connectivity index (χ2v) is 3.37. The zero-order valence-corrected chi connectivity index (χ0v) is 8.16. The smallest absolute Gasteiger partial charge is 0.249 e. The molecule has 0 aliphatic heterocycles. The van der Waals surface area contributed by atoms with Gasteiger partial charge in [-0.05, 0) is 6.07 Å². The monoisotopic (exact) mass is 222 g/mol. The molecule has 2 heterocycles. The molecule has 84 valence electrons. The third-order valence-electron chi connectivity index (χ3n) is 2.24. The van der Waals surface area contributed by atoms with Crippen molar-refractivity contribution >= 4 is 16.9 Å². The Morgan fingerprint density at radius 2 is 2.19 bits per heavy atom. The molecule has 2 unspecified atom stereocenters. The highest BCUT2D eigenvalue weighted by Crippen LogP contribution is 2.19. The van der Waals surface area contributed by atoms with Gasteiger partial charge in [-0.15, -0.1) is 0 Å². The number of aliphatic hydroxyl groups excluding tert-OH is 2. The van der Waals surface area contributed by atoms with E-state index in [2.05, 4.69) is 15.2 Å². The van der Waals surface area contributed by atoms with Crippen LogP contribution in [0.3, 0.4) is 0 Å². The van der Waals surface area contributed by atoms with Crippen LogP contribution in [0.25, 0.3) is 11.0 Å². The van der Waals surface area contributed by atoms with Crippen LogP contribution in [0.4, 0.5) is 0 Å². The number of amides is 1. The number of aromatic nitrogens is 3. The molecule has 0 aliphatic carbocycles. The number of hydrogen-bond acceptors (Lipinski definition) is 5. The van der Waals surface area contributed by atoms with Crippen molar-refractivity contribution in [3.8, 4) is 0 Å². The van der Waals surface area contributed by atoms with Gasteiger partial charge in [-0.2, -0.15) is 5.10 Å². The molecule has 16 heavy (non-hydrogen) atoms. The fraction of sp³-hybridized carbons (Fsp3) is 0.222. The van der Waals surface area contributed by atoms with E-state index in [0.29, 0.717) is 16.6 Å². The number of primary amides is 1. The van der Waals surface area contributed by atoms with Crippen molar-refractivity contribution in [3.05, 3.63) is 24.0 Å². The molecule has 0 bridgehead atoms. The van der Waals surface area contributed by atoms with Crippen LogP contribution in [0, 0.1) is 0 Å². The summed E-state index contributed by atoms with van der Waals surface area (Å²) in [6.07, 6.45) is -0.164. The van der Waals surface area contributed by atoms with E-state index in [0.717, 1.165) is 0 Å². The van der Waals surface area contributed by atoms with Crippen LogP contribution in [0.1, 0.15) is 11.7 Å². The predicted octanol–water partition coefficient (Wildman–Crippen LogP) is -1.16. The summed E-state index contributed by atoms with van der Waals surface area (Å²) >= 11 is 0. The van der Waals surface area contributed by atoms with Gasteiger partial charge in [0.15, 0.2) is 11.8 Å². The molecule has 0 saturated carbocycles. The van der Waals surface area contributed by atoms with Crippen molar-refractivity contribution in [1.29, 1.82) is 0 Å². The molecule has 7 nitrogen and oxygen atoms in total. The Hall–Kier alpha value is -1.99. The molecule has 0 fully saturated rings. The number of fused-ring (bicyclic) bond motifs is 1. The van der Waals surface area contributed by atoms with Gasteiger partial charge in [0.1, 0.15) is 6.10 Å². The van der Waals surface area contributed by atoms with E-state index in [9.17, 15) is 15.0 Å². The molecule has 1 amide bonds. The number of hydrogen-bond donors (Lipinski definition) is 4. The first-order valence-corrected chi connectivity index (χ1v) is 4.54. The highest BCUT2D eigenvalue weighted by Gasteiger charge is 2.23. The van der Waals surface area contributed by atoms with Gasteiger partial charge in [-0.25, -0.2) is 4.98 Å². The highest BCUT2D eigenvalue weighted by atomic mass is 16.3. The number of carbonyl (C=O) groups excluding carboxylic acids is 1. The molecular formula is C9H10N4O3. The standard InChI is InChI=1S/C9H10N4O3/c10-8(16)7(15)6(14)4-1-5-3-12-13-9(5)11-2-4/h1-3,6-7,14-15H,(H2,10,16)(H,11,12,13). The number of carbonyl (C=O) groups is 1.